The fourth-order valence-electron chi connectivity index (χ4n) is 3.54. The smallest absolute Gasteiger partial charge is 0.296 e. The molecule has 3 aromatic heterocycles. The number of pyridine rings is 1. The molecule has 1 aromatic carbocycles. The number of hydrogen-bond acceptors (Lipinski definition) is 7. The molecule has 4 heterocycles. The van der Waals surface area contributed by atoms with Gasteiger partial charge >= 0.3 is 0 Å². The molecular weight excluding hydrogens is 446 g/mol. The number of rotatable bonds is 4. The predicted molar refractivity (Wildman–Crippen MR) is 120 cm³/mol. The van der Waals surface area contributed by atoms with Crippen LogP contribution in [-0.4, -0.2) is 66.2 Å². The van der Waals surface area contributed by atoms with Gasteiger partial charge in [-0.05, 0) is 36.3 Å². The summed E-state index contributed by atoms with van der Waals surface area (Å²) in [5.74, 6) is 6.07. The van der Waals surface area contributed by atoms with Gasteiger partial charge in [0.25, 0.3) is 6.01 Å². The highest BCUT2D eigenvalue weighted by atomic mass is 35.5. The molecule has 0 saturated carbocycles. The Kier molecular flexibility index (Phi) is 5.98. The van der Waals surface area contributed by atoms with E-state index in [1.165, 1.54) is 0 Å². The standard InChI is InChI=1S/C23H20ClN5O4/c24-17-10-19-22(28-23(27-19)33-16-9-20(31)21(11-30)32-12-16)26-18(17)6-3-14-1-4-15(5-2-14)29-8-7-25-13-29/h1-2,4-5,7-8,10,13,16,20-21,30-31H,9,11-12H2,(H,26,27,28). The lowest BCUT2D eigenvalue weighted by Crippen LogP contribution is -2.45. The molecule has 0 spiro atoms. The summed E-state index contributed by atoms with van der Waals surface area (Å²) in [5, 5.41) is 19.6. The minimum atomic E-state index is -0.804. The topological polar surface area (TPSA) is 118 Å². The first-order valence-corrected chi connectivity index (χ1v) is 10.7. The van der Waals surface area contributed by atoms with Crippen molar-refractivity contribution in [1.29, 1.82) is 0 Å². The minimum absolute atomic E-state index is 0.237. The number of ether oxygens (including phenoxy) is 2. The Hall–Kier alpha value is -3.42. The maximum absolute atomic E-state index is 10.0. The van der Waals surface area contributed by atoms with Crippen LogP contribution in [0.4, 0.5) is 0 Å². The zero-order chi connectivity index (χ0) is 22.8. The van der Waals surface area contributed by atoms with E-state index in [4.69, 9.17) is 21.1 Å². The lowest BCUT2D eigenvalue weighted by Gasteiger charge is -2.31. The van der Waals surface area contributed by atoms with Crippen molar-refractivity contribution in [3.05, 3.63) is 65.3 Å². The molecule has 0 amide bonds. The van der Waals surface area contributed by atoms with Gasteiger partial charge in [-0.1, -0.05) is 17.5 Å². The van der Waals surface area contributed by atoms with Crippen LogP contribution in [-0.2, 0) is 4.74 Å². The fourth-order valence-corrected chi connectivity index (χ4v) is 3.74. The zero-order valence-electron chi connectivity index (χ0n) is 17.3. The van der Waals surface area contributed by atoms with E-state index in [9.17, 15) is 10.2 Å². The SMILES string of the molecule is OCC1OCC(Oc2nc3nc(C#Cc4ccc(-n5ccnc5)cc4)c(Cl)cc3[nH]2)CC1O. The van der Waals surface area contributed by atoms with Crippen molar-refractivity contribution in [2.75, 3.05) is 13.2 Å². The van der Waals surface area contributed by atoms with Crippen LogP contribution in [0.25, 0.3) is 16.9 Å². The molecule has 3 N–H and O–H groups in total. The third-order valence-corrected chi connectivity index (χ3v) is 5.58. The quantitative estimate of drug-likeness (QED) is 0.395. The van der Waals surface area contributed by atoms with Crippen molar-refractivity contribution in [1.82, 2.24) is 24.5 Å². The van der Waals surface area contributed by atoms with E-state index in [1.807, 2.05) is 35.0 Å². The summed E-state index contributed by atoms with van der Waals surface area (Å²) in [7, 11) is 0. The number of imidazole rings is 2. The van der Waals surface area contributed by atoms with Crippen molar-refractivity contribution in [2.45, 2.75) is 24.7 Å². The molecule has 168 valence electrons. The van der Waals surface area contributed by atoms with E-state index in [2.05, 4.69) is 31.8 Å². The van der Waals surface area contributed by atoms with Crippen LogP contribution in [0.15, 0.2) is 49.1 Å². The molecular formula is C23H20ClN5O4. The number of halogens is 1. The summed E-state index contributed by atoms with van der Waals surface area (Å²) in [5.41, 5.74) is 3.24. The Balaban J connectivity index is 1.32. The Morgan fingerprint density at radius 1 is 1.24 bits per heavy atom. The lowest BCUT2D eigenvalue weighted by molar-refractivity contribution is -0.131. The second kappa shape index (κ2) is 9.21. The van der Waals surface area contributed by atoms with Crippen LogP contribution in [0.1, 0.15) is 17.7 Å². The molecule has 33 heavy (non-hydrogen) atoms. The summed E-state index contributed by atoms with van der Waals surface area (Å²) < 4.78 is 13.1. The highest BCUT2D eigenvalue weighted by Gasteiger charge is 2.31. The Morgan fingerprint density at radius 3 is 2.82 bits per heavy atom. The van der Waals surface area contributed by atoms with Gasteiger partial charge in [0.2, 0.25) is 0 Å². The molecule has 10 heteroatoms. The molecule has 5 rings (SSSR count). The summed E-state index contributed by atoms with van der Waals surface area (Å²) >= 11 is 6.37. The number of H-pyrrole nitrogens is 1. The second-order valence-electron chi connectivity index (χ2n) is 7.60. The number of hydrogen-bond donors (Lipinski definition) is 3. The molecule has 1 aliphatic heterocycles. The molecule has 0 aliphatic carbocycles. The van der Waals surface area contributed by atoms with E-state index in [-0.39, 0.29) is 19.2 Å². The molecule has 3 unspecified atom stereocenters. The Labute approximate surface area is 194 Å². The average Bonchev–Trinajstić information content (AvgIpc) is 3.48. The third-order valence-electron chi connectivity index (χ3n) is 5.29. The number of aliphatic hydroxyl groups excluding tert-OH is 2. The van der Waals surface area contributed by atoms with Gasteiger partial charge in [0.05, 0.1) is 36.2 Å². The van der Waals surface area contributed by atoms with Crippen LogP contribution in [0.3, 0.4) is 0 Å². The normalized spacial score (nSPS) is 20.4. The first kappa shape index (κ1) is 21.4. The van der Waals surface area contributed by atoms with Gasteiger partial charge in [-0.25, -0.2) is 9.97 Å². The Morgan fingerprint density at radius 2 is 2.09 bits per heavy atom. The molecule has 1 fully saturated rings. The number of aromatic nitrogens is 5. The summed E-state index contributed by atoms with van der Waals surface area (Å²) in [6.07, 6.45) is 3.86. The number of nitrogens with zero attached hydrogens (tertiary/aromatic N) is 4. The summed E-state index contributed by atoms with van der Waals surface area (Å²) in [6.45, 7) is 0.00336. The Bertz CT molecular complexity index is 1310. The fraction of sp³-hybridized carbons (Fsp3) is 0.261. The van der Waals surface area contributed by atoms with Gasteiger partial charge in [-0.2, -0.15) is 4.98 Å². The van der Waals surface area contributed by atoms with Gasteiger partial charge in [0.1, 0.15) is 17.9 Å². The van der Waals surface area contributed by atoms with Gasteiger partial charge < -0.3 is 29.2 Å². The van der Waals surface area contributed by atoms with Crippen LogP contribution < -0.4 is 4.74 Å². The van der Waals surface area contributed by atoms with Crippen molar-refractivity contribution in [3.8, 4) is 23.5 Å². The highest BCUT2D eigenvalue weighted by Crippen LogP contribution is 2.24. The van der Waals surface area contributed by atoms with E-state index in [1.54, 1.807) is 18.6 Å². The number of aromatic amines is 1. The monoisotopic (exact) mass is 465 g/mol. The van der Waals surface area contributed by atoms with Crippen molar-refractivity contribution in [3.63, 3.8) is 0 Å². The minimum Gasteiger partial charge on any atom is -0.459 e. The van der Waals surface area contributed by atoms with Crippen molar-refractivity contribution >= 4 is 22.8 Å². The van der Waals surface area contributed by atoms with Crippen LogP contribution in [0.5, 0.6) is 6.01 Å². The van der Waals surface area contributed by atoms with E-state index < -0.39 is 18.3 Å². The van der Waals surface area contributed by atoms with Gasteiger partial charge in [-0.3, -0.25) is 0 Å². The second-order valence-corrected chi connectivity index (χ2v) is 8.00. The van der Waals surface area contributed by atoms with Crippen LogP contribution >= 0.6 is 11.6 Å². The van der Waals surface area contributed by atoms with Gasteiger partial charge in [-0.15, -0.1) is 0 Å². The van der Waals surface area contributed by atoms with Crippen molar-refractivity contribution in [2.24, 2.45) is 0 Å². The number of benzene rings is 1. The molecule has 0 radical (unpaired) electrons. The van der Waals surface area contributed by atoms with E-state index in [0.717, 1.165) is 11.3 Å². The first-order chi connectivity index (χ1) is 16.1. The third kappa shape index (κ3) is 4.69. The molecule has 3 atom stereocenters. The highest BCUT2D eigenvalue weighted by molar-refractivity contribution is 6.32. The zero-order valence-corrected chi connectivity index (χ0v) is 18.1. The largest absolute Gasteiger partial charge is 0.459 e. The molecule has 1 saturated heterocycles. The number of nitrogens with one attached hydrogen (secondary N) is 1. The average molecular weight is 466 g/mol. The predicted octanol–water partition coefficient (Wildman–Crippen LogP) is 2.09. The maximum Gasteiger partial charge on any atom is 0.296 e. The summed E-state index contributed by atoms with van der Waals surface area (Å²) in [6, 6.07) is 9.68. The number of fused-ring (bicyclic) bond motifs is 1. The maximum atomic E-state index is 10.0. The first-order valence-electron chi connectivity index (χ1n) is 10.3. The van der Waals surface area contributed by atoms with Crippen LogP contribution in [0, 0.1) is 11.8 Å². The van der Waals surface area contributed by atoms with Gasteiger partial charge in [0.15, 0.2) is 5.65 Å². The van der Waals surface area contributed by atoms with E-state index >= 15 is 0 Å². The van der Waals surface area contributed by atoms with Crippen LogP contribution in [0.2, 0.25) is 5.02 Å². The molecule has 1 aliphatic rings. The number of aliphatic hydroxyl groups is 2. The molecule has 4 aromatic rings. The molecule has 9 nitrogen and oxygen atoms in total. The van der Waals surface area contributed by atoms with Gasteiger partial charge in [0, 0.05) is 30.1 Å². The molecule has 0 bridgehead atoms. The van der Waals surface area contributed by atoms with E-state index in [0.29, 0.717) is 28.3 Å². The summed E-state index contributed by atoms with van der Waals surface area (Å²) in [4.78, 5) is 15.9. The van der Waals surface area contributed by atoms with Crippen molar-refractivity contribution < 1.29 is 19.7 Å². The lowest BCUT2D eigenvalue weighted by atomic mass is 10.0.